The summed E-state index contributed by atoms with van der Waals surface area (Å²) in [5.74, 6) is -1.05. The van der Waals surface area contributed by atoms with Gasteiger partial charge < -0.3 is 10.00 Å². The van der Waals surface area contributed by atoms with Gasteiger partial charge in [0.25, 0.3) is 0 Å². The average molecular weight is 338 g/mol. The van der Waals surface area contributed by atoms with Crippen LogP contribution in [0.5, 0.6) is 0 Å². The Morgan fingerprint density at radius 1 is 1.27 bits per heavy atom. The predicted octanol–water partition coefficient (Wildman–Crippen LogP) is 3.95. The topological polar surface area (TPSA) is 74.6 Å². The highest BCUT2D eigenvalue weighted by Gasteiger charge is 2.44. The van der Waals surface area contributed by atoms with Crippen molar-refractivity contribution in [3.05, 3.63) is 58.3 Å². The molecule has 22 heavy (non-hydrogen) atoms. The number of benzene rings is 1. The van der Waals surface area contributed by atoms with Crippen molar-refractivity contribution in [2.24, 2.45) is 0 Å². The van der Waals surface area contributed by atoms with E-state index in [9.17, 15) is 19.4 Å². The highest BCUT2D eigenvalue weighted by atomic mass is 32.1. The second-order valence-corrected chi connectivity index (χ2v) is 8.51. The van der Waals surface area contributed by atoms with Gasteiger partial charge in [-0.1, -0.05) is 37.3 Å². The smallest absolute Gasteiger partial charge is 0.314 e. The molecule has 1 heterocycles. The summed E-state index contributed by atoms with van der Waals surface area (Å²) in [5, 5.41) is 13.2. The average Bonchev–Trinajstić information content (AvgIpc) is 2.99. The van der Waals surface area contributed by atoms with Gasteiger partial charge in [0, 0.05) is 12.3 Å². The van der Waals surface area contributed by atoms with Crippen LogP contribution in [0, 0.1) is 0 Å². The first-order valence-electron chi connectivity index (χ1n) is 7.00. The maximum absolute atomic E-state index is 12.7. The number of hydrogen-bond donors (Lipinski definition) is 2. The predicted molar refractivity (Wildman–Crippen MR) is 88.8 cm³/mol. The van der Waals surface area contributed by atoms with E-state index in [2.05, 4.69) is 0 Å². The number of carbonyl (C=O) groups is 1. The van der Waals surface area contributed by atoms with Crippen LogP contribution in [-0.4, -0.2) is 22.1 Å². The molecule has 0 saturated carbocycles. The van der Waals surface area contributed by atoms with Gasteiger partial charge in [0.05, 0.1) is 0 Å². The van der Waals surface area contributed by atoms with E-state index >= 15 is 0 Å². The van der Waals surface area contributed by atoms with Crippen molar-refractivity contribution < 1.29 is 19.4 Å². The van der Waals surface area contributed by atoms with E-state index in [1.807, 2.05) is 6.07 Å². The monoisotopic (exact) mass is 338 g/mol. The second kappa shape index (κ2) is 6.78. The SMILES string of the molecule is CCC(CP(=O)(O)Cc1ccccc1)(C(=O)O)c1ccsc1. The molecule has 0 radical (unpaired) electrons. The molecule has 0 fully saturated rings. The van der Waals surface area contributed by atoms with Gasteiger partial charge in [0.1, 0.15) is 5.41 Å². The first kappa shape index (κ1) is 16.9. The minimum atomic E-state index is -3.62. The fourth-order valence-corrected chi connectivity index (χ4v) is 5.67. The van der Waals surface area contributed by atoms with Crippen LogP contribution < -0.4 is 0 Å². The van der Waals surface area contributed by atoms with Crippen molar-refractivity contribution in [1.29, 1.82) is 0 Å². The van der Waals surface area contributed by atoms with E-state index in [1.54, 1.807) is 48.0 Å². The minimum absolute atomic E-state index is 0.00694. The maximum Gasteiger partial charge on any atom is 0.314 e. The zero-order chi connectivity index (χ0) is 16.2. The molecule has 2 rings (SSSR count). The van der Waals surface area contributed by atoms with Crippen LogP contribution in [0.25, 0.3) is 0 Å². The quantitative estimate of drug-likeness (QED) is 0.750. The molecule has 0 aliphatic carbocycles. The molecule has 0 saturated heterocycles. The highest BCUT2D eigenvalue weighted by Crippen LogP contribution is 2.51. The standard InChI is InChI=1S/C16H19O4PS/c1-2-16(15(17)18,14-8-9-22-11-14)12-21(19,20)10-13-6-4-3-5-7-13/h3-9,11H,2,10,12H2,1H3,(H,17,18)(H,19,20). The molecule has 4 nitrogen and oxygen atoms in total. The van der Waals surface area contributed by atoms with E-state index in [-0.39, 0.29) is 18.7 Å². The van der Waals surface area contributed by atoms with Crippen molar-refractivity contribution in [2.45, 2.75) is 24.9 Å². The summed E-state index contributed by atoms with van der Waals surface area (Å²) in [5.41, 5.74) is 0.0443. The van der Waals surface area contributed by atoms with E-state index in [4.69, 9.17) is 0 Å². The Labute approximate surface area is 133 Å². The number of thiophene rings is 1. The number of aliphatic carboxylic acids is 1. The molecule has 2 N–H and O–H groups in total. The Balaban J connectivity index is 2.31. The number of carboxylic acid groups (broad SMARTS) is 1. The zero-order valence-electron chi connectivity index (χ0n) is 12.3. The Morgan fingerprint density at radius 2 is 1.95 bits per heavy atom. The van der Waals surface area contributed by atoms with Gasteiger partial charge in [-0.15, -0.1) is 0 Å². The Kier molecular flexibility index (Phi) is 5.22. The highest BCUT2D eigenvalue weighted by molar-refractivity contribution is 7.57. The van der Waals surface area contributed by atoms with E-state index in [0.29, 0.717) is 5.56 Å². The fourth-order valence-electron chi connectivity index (χ4n) is 2.63. The molecule has 0 aliphatic rings. The third-order valence-electron chi connectivity index (χ3n) is 3.88. The molecule has 0 spiro atoms. The van der Waals surface area contributed by atoms with Gasteiger partial charge in [-0.3, -0.25) is 9.36 Å². The van der Waals surface area contributed by atoms with Crippen LogP contribution in [0.2, 0.25) is 0 Å². The molecule has 2 aromatic rings. The van der Waals surface area contributed by atoms with Crippen LogP contribution in [0.15, 0.2) is 47.2 Å². The summed E-state index contributed by atoms with van der Waals surface area (Å²) < 4.78 is 12.7. The molecule has 6 heteroatoms. The fraction of sp³-hybridized carbons (Fsp3) is 0.312. The molecule has 0 aliphatic heterocycles. The van der Waals surface area contributed by atoms with Gasteiger partial charge in [-0.25, -0.2) is 0 Å². The molecule has 2 unspecified atom stereocenters. The molecule has 118 valence electrons. The lowest BCUT2D eigenvalue weighted by Crippen LogP contribution is -2.38. The lowest BCUT2D eigenvalue weighted by Gasteiger charge is -2.29. The van der Waals surface area contributed by atoms with Crippen molar-refractivity contribution in [3.63, 3.8) is 0 Å². The van der Waals surface area contributed by atoms with E-state index < -0.39 is 18.8 Å². The van der Waals surface area contributed by atoms with Gasteiger partial charge in [-0.05, 0) is 34.4 Å². The lowest BCUT2D eigenvalue weighted by atomic mass is 9.81. The van der Waals surface area contributed by atoms with Crippen LogP contribution in [-0.2, 0) is 20.9 Å². The summed E-state index contributed by atoms with van der Waals surface area (Å²) in [7, 11) is -3.62. The normalized spacial score (nSPS) is 16.6. The van der Waals surface area contributed by atoms with Gasteiger partial charge in [0.15, 0.2) is 0 Å². The number of carboxylic acids is 1. The summed E-state index contributed by atoms with van der Waals surface area (Å²) in [6.45, 7) is 1.74. The van der Waals surface area contributed by atoms with Crippen molar-refractivity contribution >= 4 is 24.7 Å². The minimum Gasteiger partial charge on any atom is -0.481 e. The van der Waals surface area contributed by atoms with Crippen molar-refractivity contribution in [1.82, 2.24) is 0 Å². The first-order chi connectivity index (χ1) is 10.4. The number of rotatable bonds is 7. The molecule has 1 aromatic carbocycles. The third-order valence-corrected chi connectivity index (χ3v) is 6.45. The maximum atomic E-state index is 12.7. The molecule has 2 atom stereocenters. The second-order valence-electron chi connectivity index (χ2n) is 5.40. The van der Waals surface area contributed by atoms with Gasteiger partial charge in [-0.2, -0.15) is 11.3 Å². The number of hydrogen-bond acceptors (Lipinski definition) is 3. The summed E-state index contributed by atoms with van der Waals surface area (Å²) in [6, 6.07) is 10.7. The first-order valence-corrected chi connectivity index (χ1v) is 9.98. The molecular formula is C16H19O4PS. The largest absolute Gasteiger partial charge is 0.481 e. The molecule has 0 amide bonds. The summed E-state index contributed by atoms with van der Waals surface area (Å²) >= 11 is 1.39. The Bertz CT molecular complexity index is 669. The Morgan fingerprint density at radius 3 is 2.45 bits per heavy atom. The van der Waals surface area contributed by atoms with E-state index in [0.717, 1.165) is 5.56 Å². The molecule has 1 aromatic heterocycles. The third kappa shape index (κ3) is 3.67. The van der Waals surface area contributed by atoms with Gasteiger partial charge in [0.2, 0.25) is 7.37 Å². The Hall–Kier alpha value is -1.42. The van der Waals surface area contributed by atoms with Gasteiger partial charge >= 0.3 is 5.97 Å². The van der Waals surface area contributed by atoms with Crippen molar-refractivity contribution in [2.75, 3.05) is 6.16 Å². The van der Waals surface area contributed by atoms with E-state index in [1.165, 1.54) is 11.3 Å². The molecule has 0 bridgehead atoms. The summed E-state index contributed by atoms with van der Waals surface area (Å²) in [6.07, 6.45) is 0.0167. The lowest BCUT2D eigenvalue weighted by molar-refractivity contribution is -0.143. The van der Waals surface area contributed by atoms with Crippen molar-refractivity contribution in [3.8, 4) is 0 Å². The summed E-state index contributed by atoms with van der Waals surface area (Å²) in [4.78, 5) is 22.2. The zero-order valence-corrected chi connectivity index (χ0v) is 14.0. The van der Waals surface area contributed by atoms with Crippen LogP contribution in [0.4, 0.5) is 0 Å². The molecular weight excluding hydrogens is 319 g/mol. The van der Waals surface area contributed by atoms with Crippen LogP contribution >= 0.6 is 18.7 Å². The van der Waals surface area contributed by atoms with Crippen LogP contribution in [0.3, 0.4) is 0 Å². The van der Waals surface area contributed by atoms with Crippen LogP contribution in [0.1, 0.15) is 24.5 Å².